The average molecular weight is 260 g/mol. The highest BCUT2D eigenvalue weighted by molar-refractivity contribution is 5.79. The summed E-state index contributed by atoms with van der Waals surface area (Å²) < 4.78 is 15.0. The van der Waals surface area contributed by atoms with Gasteiger partial charge in [-0.15, -0.1) is 0 Å². The first kappa shape index (κ1) is 11.7. The van der Waals surface area contributed by atoms with E-state index in [9.17, 15) is 4.39 Å². The van der Waals surface area contributed by atoms with Gasteiger partial charge < -0.3 is 20.0 Å². The number of aliphatic hydroxyl groups excluding tert-OH is 1. The molecule has 0 fully saturated rings. The second kappa shape index (κ2) is 4.74. The molecular weight excluding hydrogens is 247 g/mol. The van der Waals surface area contributed by atoms with E-state index in [-0.39, 0.29) is 12.4 Å². The molecule has 0 unspecified atom stereocenters. The maximum absolute atomic E-state index is 13.2. The predicted octanol–water partition coefficient (Wildman–Crippen LogP) is 2.24. The summed E-state index contributed by atoms with van der Waals surface area (Å²) in [5.41, 5.74) is 1.34. The number of halogens is 1. The molecule has 0 saturated carbocycles. The number of rotatable bonds is 4. The van der Waals surface area contributed by atoms with Crippen molar-refractivity contribution in [2.24, 2.45) is 0 Å². The first-order valence-electron chi connectivity index (χ1n) is 5.95. The number of aliphatic hydroxyl groups is 1. The summed E-state index contributed by atoms with van der Waals surface area (Å²) in [4.78, 5) is 7.36. The number of aromatic nitrogens is 3. The Labute approximate surface area is 108 Å². The zero-order chi connectivity index (χ0) is 13.2. The van der Waals surface area contributed by atoms with E-state index in [0.717, 1.165) is 11.3 Å². The summed E-state index contributed by atoms with van der Waals surface area (Å²) >= 11 is 0. The van der Waals surface area contributed by atoms with Crippen LogP contribution in [-0.4, -0.2) is 26.2 Å². The Hall–Kier alpha value is -2.34. The molecule has 98 valence electrons. The molecule has 2 heterocycles. The maximum atomic E-state index is 13.2. The number of imidazole rings is 1. The van der Waals surface area contributed by atoms with Crippen LogP contribution in [0.3, 0.4) is 0 Å². The van der Waals surface area contributed by atoms with Gasteiger partial charge in [-0.25, -0.2) is 9.37 Å². The van der Waals surface area contributed by atoms with Crippen LogP contribution in [0.4, 0.5) is 16.2 Å². The van der Waals surface area contributed by atoms with Gasteiger partial charge in [-0.1, -0.05) is 0 Å². The van der Waals surface area contributed by atoms with Gasteiger partial charge in [0.1, 0.15) is 11.6 Å². The summed E-state index contributed by atoms with van der Waals surface area (Å²) in [6.07, 6.45) is 1.79. The fourth-order valence-electron chi connectivity index (χ4n) is 2.05. The molecule has 0 bridgehead atoms. The summed E-state index contributed by atoms with van der Waals surface area (Å²) in [5.74, 6) is 1.03. The van der Waals surface area contributed by atoms with Gasteiger partial charge in [-0.2, -0.15) is 0 Å². The van der Waals surface area contributed by atoms with Gasteiger partial charge in [0.15, 0.2) is 0 Å². The van der Waals surface area contributed by atoms with E-state index in [1.807, 2.05) is 16.7 Å². The van der Waals surface area contributed by atoms with E-state index < -0.39 is 0 Å². The van der Waals surface area contributed by atoms with E-state index in [4.69, 9.17) is 5.11 Å². The molecule has 3 N–H and O–H groups in total. The number of fused-ring (bicyclic) bond motifs is 1. The summed E-state index contributed by atoms with van der Waals surface area (Å²) in [6, 6.07) is 8.15. The van der Waals surface area contributed by atoms with Crippen LogP contribution in [0.2, 0.25) is 0 Å². The molecule has 2 aromatic heterocycles. The number of hydrogen-bond donors (Lipinski definition) is 3. The minimum absolute atomic E-state index is 0.0117. The first-order chi connectivity index (χ1) is 9.28. The minimum Gasteiger partial charge on any atom is -0.395 e. The summed E-state index contributed by atoms with van der Waals surface area (Å²) in [5, 5.41) is 12.3. The van der Waals surface area contributed by atoms with E-state index in [2.05, 4.69) is 15.3 Å². The molecule has 0 aliphatic heterocycles. The molecule has 6 heteroatoms. The van der Waals surface area contributed by atoms with Crippen molar-refractivity contribution < 1.29 is 9.50 Å². The second-order valence-corrected chi connectivity index (χ2v) is 4.15. The van der Waals surface area contributed by atoms with Crippen LogP contribution >= 0.6 is 0 Å². The molecule has 0 aliphatic rings. The molecule has 0 amide bonds. The fourth-order valence-corrected chi connectivity index (χ4v) is 2.05. The number of hydrogen-bond acceptors (Lipinski definition) is 3. The van der Waals surface area contributed by atoms with Crippen LogP contribution in [0.15, 0.2) is 36.5 Å². The van der Waals surface area contributed by atoms with Crippen molar-refractivity contribution >= 4 is 22.8 Å². The van der Waals surface area contributed by atoms with Crippen molar-refractivity contribution in [3.8, 4) is 0 Å². The van der Waals surface area contributed by atoms with Crippen LogP contribution in [-0.2, 0) is 6.54 Å². The summed E-state index contributed by atoms with van der Waals surface area (Å²) in [7, 11) is 0. The third-order valence-corrected chi connectivity index (χ3v) is 2.88. The molecule has 1 aromatic carbocycles. The zero-order valence-corrected chi connectivity index (χ0v) is 10.1. The van der Waals surface area contributed by atoms with Gasteiger partial charge in [0.2, 0.25) is 5.95 Å². The third kappa shape index (κ3) is 2.17. The van der Waals surface area contributed by atoms with Crippen molar-refractivity contribution in [2.75, 3.05) is 11.9 Å². The van der Waals surface area contributed by atoms with Crippen LogP contribution in [0.1, 0.15) is 0 Å². The Bertz CT molecular complexity index is 690. The van der Waals surface area contributed by atoms with Crippen molar-refractivity contribution in [1.29, 1.82) is 0 Å². The third-order valence-electron chi connectivity index (χ3n) is 2.88. The smallest absolute Gasteiger partial charge is 0.209 e. The van der Waals surface area contributed by atoms with Crippen molar-refractivity contribution in [3.05, 3.63) is 42.3 Å². The van der Waals surface area contributed by atoms with E-state index in [1.54, 1.807) is 12.3 Å². The number of benzene rings is 1. The number of nitrogens with zero attached hydrogens (tertiary/aromatic N) is 2. The molecule has 3 rings (SSSR count). The standard InChI is InChI=1S/C13H13FN4O/c14-9-3-4-11-10(8-9)16-13(18(11)6-7-19)17-12-2-1-5-15-12/h1-5,8,15,19H,6-7H2,(H,16,17). The van der Waals surface area contributed by atoms with Crippen molar-refractivity contribution in [3.63, 3.8) is 0 Å². The molecule has 19 heavy (non-hydrogen) atoms. The normalized spacial score (nSPS) is 11.1. The molecule has 0 spiro atoms. The van der Waals surface area contributed by atoms with Gasteiger partial charge in [-0.3, -0.25) is 0 Å². The van der Waals surface area contributed by atoms with Crippen LogP contribution in [0, 0.1) is 5.82 Å². The highest BCUT2D eigenvalue weighted by Crippen LogP contribution is 2.22. The van der Waals surface area contributed by atoms with Crippen LogP contribution < -0.4 is 5.32 Å². The Balaban J connectivity index is 2.08. The highest BCUT2D eigenvalue weighted by Gasteiger charge is 2.11. The molecule has 3 aromatic rings. The topological polar surface area (TPSA) is 65.9 Å². The fraction of sp³-hybridized carbons (Fsp3) is 0.154. The average Bonchev–Trinajstić information content (AvgIpc) is 2.99. The molecule has 0 aliphatic carbocycles. The maximum Gasteiger partial charge on any atom is 0.209 e. The van der Waals surface area contributed by atoms with Gasteiger partial charge in [0.25, 0.3) is 0 Å². The number of nitrogens with one attached hydrogen (secondary N) is 2. The Morgan fingerprint density at radius 2 is 2.26 bits per heavy atom. The summed E-state index contributed by atoms with van der Waals surface area (Å²) in [6.45, 7) is 0.382. The van der Waals surface area contributed by atoms with Crippen LogP contribution in [0.25, 0.3) is 11.0 Å². The lowest BCUT2D eigenvalue weighted by Gasteiger charge is -2.07. The lowest BCUT2D eigenvalue weighted by atomic mass is 10.3. The Morgan fingerprint density at radius 3 is 3.00 bits per heavy atom. The SMILES string of the molecule is OCCn1c(Nc2ccc[nH]2)nc2cc(F)ccc21. The highest BCUT2D eigenvalue weighted by atomic mass is 19.1. The Morgan fingerprint density at radius 1 is 1.37 bits per heavy atom. The second-order valence-electron chi connectivity index (χ2n) is 4.15. The van der Waals surface area contributed by atoms with E-state index >= 15 is 0 Å². The van der Waals surface area contributed by atoms with E-state index in [0.29, 0.717) is 18.0 Å². The molecule has 0 saturated heterocycles. The monoisotopic (exact) mass is 260 g/mol. The molecule has 0 radical (unpaired) electrons. The van der Waals surface area contributed by atoms with Gasteiger partial charge in [0.05, 0.1) is 17.6 Å². The van der Waals surface area contributed by atoms with Gasteiger partial charge in [-0.05, 0) is 24.3 Å². The van der Waals surface area contributed by atoms with Gasteiger partial charge in [0, 0.05) is 18.8 Å². The van der Waals surface area contributed by atoms with Crippen molar-refractivity contribution in [2.45, 2.75) is 6.54 Å². The molecule has 5 nitrogen and oxygen atoms in total. The number of H-pyrrole nitrogens is 1. The molecule has 0 atom stereocenters. The molecular formula is C13H13FN4O. The predicted molar refractivity (Wildman–Crippen MR) is 70.9 cm³/mol. The zero-order valence-electron chi connectivity index (χ0n) is 10.1. The Kier molecular flexibility index (Phi) is 2.92. The quantitative estimate of drug-likeness (QED) is 0.674. The minimum atomic E-state index is -0.326. The van der Waals surface area contributed by atoms with E-state index in [1.165, 1.54) is 12.1 Å². The number of aromatic amines is 1. The first-order valence-corrected chi connectivity index (χ1v) is 5.95. The lowest BCUT2D eigenvalue weighted by Crippen LogP contribution is -2.06. The lowest BCUT2D eigenvalue weighted by molar-refractivity contribution is 0.278. The van der Waals surface area contributed by atoms with Crippen LogP contribution in [0.5, 0.6) is 0 Å². The van der Waals surface area contributed by atoms with Crippen molar-refractivity contribution in [1.82, 2.24) is 14.5 Å². The number of anilines is 2. The van der Waals surface area contributed by atoms with Gasteiger partial charge >= 0.3 is 0 Å². The largest absolute Gasteiger partial charge is 0.395 e.